The van der Waals surface area contributed by atoms with E-state index >= 15 is 0 Å². The summed E-state index contributed by atoms with van der Waals surface area (Å²) < 4.78 is 0. The first-order chi connectivity index (χ1) is 12.6. The molecule has 1 aromatic carbocycles. The first-order valence-electron chi connectivity index (χ1n) is 8.66. The molecule has 2 aliphatic carbocycles. The van der Waals surface area contributed by atoms with Crippen molar-refractivity contribution < 1.29 is 69.2 Å². The molecular weight excluding hydrogens is 664 g/mol. The second-order valence-corrected chi connectivity index (χ2v) is 6.50. The third-order valence-corrected chi connectivity index (χ3v) is 3.35. The van der Waals surface area contributed by atoms with Gasteiger partial charge in [0.1, 0.15) is 6.54 Å². The Labute approximate surface area is 225 Å². The second kappa shape index (κ2) is 24.6. The molecule has 0 fully saturated rings. The van der Waals surface area contributed by atoms with Crippen molar-refractivity contribution in [2.75, 3.05) is 14.1 Å². The molecule has 3 rings (SSSR count). The van der Waals surface area contributed by atoms with Gasteiger partial charge in [0, 0.05) is 40.1 Å². The fourth-order valence-electron chi connectivity index (χ4n) is 2.13. The maximum absolute atomic E-state index is 5.15. The molecule has 0 aromatic heterocycles. The van der Waals surface area contributed by atoms with E-state index in [1.165, 1.54) is 10.5 Å². The summed E-state index contributed by atoms with van der Waals surface area (Å²) >= 11 is 4.55. The summed E-state index contributed by atoms with van der Waals surface area (Å²) in [6, 6.07) is 10.5. The van der Waals surface area contributed by atoms with Crippen LogP contribution in [-0.4, -0.2) is 25.4 Å². The number of nitrogens with one attached hydrogen (secondary N) is 2. The van der Waals surface area contributed by atoms with E-state index < -0.39 is 0 Å². The van der Waals surface area contributed by atoms with Gasteiger partial charge in [-0.3, -0.25) is 5.43 Å². The van der Waals surface area contributed by atoms with Crippen LogP contribution in [0.4, 0.5) is 0 Å². The van der Waals surface area contributed by atoms with Crippen molar-refractivity contribution in [3.05, 3.63) is 84.5 Å². The van der Waals surface area contributed by atoms with Crippen LogP contribution in [-0.2, 0) is 46.0 Å². The van der Waals surface area contributed by atoms with E-state index in [-0.39, 0.29) is 75.3 Å². The van der Waals surface area contributed by atoms with Crippen LogP contribution < -0.4 is 40.9 Å². The Morgan fingerprint density at radius 2 is 1.63 bits per heavy atom. The fraction of sp³-hybridized carbons (Fsp3) is 0.238. The molecule has 0 amide bonds. The number of thiocarbonyl (C=S) groups is 1. The average molecular weight is 693 g/mol. The number of nitrogens with zero attached hydrogens (tertiary/aromatic N) is 1. The zero-order valence-electron chi connectivity index (χ0n) is 16.9. The fourth-order valence-corrected chi connectivity index (χ4v) is 2.19. The number of halogens is 2. The summed E-state index contributed by atoms with van der Waals surface area (Å²) in [7, 11) is 4.32. The third-order valence-electron chi connectivity index (χ3n) is 3.26. The number of allylic oxidation sites excluding steroid dienone is 8. The first-order valence-corrected chi connectivity index (χ1v) is 9.07. The first kappa shape index (κ1) is 36.7. The van der Waals surface area contributed by atoms with Crippen molar-refractivity contribution in [1.29, 1.82) is 0 Å². The number of rotatable bonds is 4. The van der Waals surface area contributed by atoms with E-state index in [0.717, 1.165) is 13.0 Å². The van der Waals surface area contributed by atoms with Crippen LogP contribution in [0.1, 0.15) is 12.0 Å². The van der Waals surface area contributed by atoms with Crippen LogP contribution in [0, 0.1) is 5.92 Å². The van der Waals surface area contributed by atoms with Crippen LogP contribution in [0.2, 0.25) is 0 Å². The topological polar surface area (TPSA) is 54.9 Å². The van der Waals surface area contributed by atoms with Crippen molar-refractivity contribution in [3.63, 3.8) is 0 Å². The summed E-state index contributed by atoms with van der Waals surface area (Å²) in [6.45, 7) is 1.11. The number of hydrazone groups is 1. The van der Waals surface area contributed by atoms with Gasteiger partial charge in [-0.2, -0.15) is 5.10 Å². The molecule has 0 atom stereocenters. The van der Waals surface area contributed by atoms with Crippen molar-refractivity contribution in [3.8, 4) is 0 Å². The minimum absolute atomic E-state index is 0. The molecule has 0 bridgehead atoms. The van der Waals surface area contributed by atoms with Gasteiger partial charge in [0.25, 0.3) is 0 Å². The van der Waals surface area contributed by atoms with E-state index in [1.807, 2.05) is 24.3 Å². The molecule has 9 heteroatoms. The largest absolute Gasteiger partial charge is 2.00 e. The minimum Gasteiger partial charge on any atom is -1.00 e. The van der Waals surface area contributed by atoms with Crippen LogP contribution >= 0.6 is 12.2 Å². The summed E-state index contributed by atoms with van der Waals surface area (Å²) in [4.78, 5) is 1.46. The maximum Gasteiger partial charge on any atom is 2.00 e. The predicted octanol–water partition coefficient (Wildman–Crippen LogP) is -3.62. The van der Waals surface area contributed by atoms with Gasteiger partial charge in [0.05, 0.1) is 14.1 Å². The van der Waals surface area contributed by atoms with Gasteiger partial charge in [-0.1, -0.05) is 78.9 Å². The van der Waals surface area contributed by atoms with Gasteiger partial charge < -0.3 is 35.4 Å². The molecule has 0 saturated carbocycles. The van der Waals surface area contributed by atoms with Gasteiger partial charge >= 0.3 is 17.1 Å². The van der Waals surface area contributed by atoms with E-state index in [0.29, 0.717) is 0 Å². The maximum atomic E-state index is 5.15. The summed E-state index contributed by atoms with van der Waals surface area (Å²) in [5.74, 6) is 0.275. The Balaban J connectivity index is -0.000000166. The van der Waals surface area contributed by atoms with Gasteiger partial charge in [-0.05, 0) is 18.6 Å². The number of hydrogen-bond acceptors (Lipinski definition) is 2. The number of quaternary nitrogens is 1. The number of benzene rings is 1. The molecule has 0 aliphatic heterocycles. The van der Waals surface area contributed by atoms with Gasteiger partial charge in [0.15, 0.2) is 5.11 Å². The molecule has 0 heterocycles. The van der Waals surface area contributed by atoms with Crippen LogP contribution in [0.25, 0.3) is 0 Å². The Kier molecular flexibility index (Phi) is 30.1. The van der Waals surface area contributed by atoms with Gasteiger partial charge in [-0.25, -0.2) is 0 Å². The van der Waals surface area contributed by atoms with Gasteiger partial charge in [-0.15, -0.1) is 0 Å². The minimum atomic E-state index is 0. The monoisotopic (exact) mass is 692 g/mol. The standard InChI is InChI=1S/C9H13N.C7H9N3S.C5H6.Au.2ClH.Fe/c1-10(2)8-9-6-4-3-5-7-9;8-7(11)10-9-5-6-3-1-2-4-6;1-2-4-5-3-1;;;;/h3-7H,8H2,1-2H3;1-6H,(H3,8,10,11);1-4H,5H2;;2*1H;/q;;;;;;+2/p-1/b;9-5+;;;;;. The zero-order valence-corrected chi connectivity index (χ0v) is 22.5. The summed E-state index contributed by atoms with van der Waals surface area (Å²) in [6.07, 6.45) is 19.2. The Bertz CT molecular complexity index is 659. The Morgan fingerprint density at radius 1 is 1.10 bits per heavy atom. The van der Waals surface area contributed by atoms with Crippen molar-refractivity contribution >= 4 is 23.5 Å². The van der Waals surface area contributed by atoms with Crippen LogP contribution in [0.3, 0.4) is 0 Å². The Morgan fingerprint density at radius 3 is 2.03 bits per heavy atom. The molecule has 4 N–H and O–H groups in total. The van der Waals surface area contributed by atoms with E-state index in [1.54, 1.807) is 6.21 Å². The number of hydrogen-bond donors (Lipinski definition) is 3. The molecule has 1 aromatic rings. The molecule has 0 unspecified atom stereocenters. The third kappa shape index (κ3) is 22.0. The quantitative estimate of drug-likeness (QED) is 0.132. The molecule has 171 valence electrons. The molecule has 1 radical (unpaired) electrons. The molecule has 0 spiro atoms. The molecule has 0 saturated heterocycles. The normalized spacial score (nSPS) is 12.4. The van der Waals surface area contributed by atoms with Crippen molar-refractivity contribution in [2.24, 2.45) is 16.8 Å². The van der Waals surface area contributed by atoms with Gasteiger partial charge in [0.2, 0.25) is 0 Å². The van der Waals surface area contributed by atoms with E-state index in [2.05, 4.69) is 91.5 Å². The Hall–Kier alpha value is -0.660. The smallest absolute Gasteiger partial charge is 1.00 e. The molecule has 30 heavy (non-hydrogen) atoms. The van der Waals surface area contributed by atoms with Crippen molar-refractivity contribution in [1.82, 2.24) is 5.43 Å². The van der Waals surface area contributed by atoms with E-state index in [4.69, 9.17) is 5.73 Å². The average Bonchev–Trinajstić information content (AvgIpc) is 3.32. The predicted molar refractivity (Wildman–Crippen MR) is 116 cm³/mol. The summed E-state index contributed by atoms with van der Waals surface area (Å²) in [5.41, 5.74) is 9.04. The molecule has 4 nitrogen and oxygen atoms in total. The number of nitrogens with two attached hydrogens (primary N) is 1. The SMILES string of the molecule is C1=CCC=C1.C[NH+](C)Cc1ccccc1.NC(=S)N/N=C/C1C=CC=C1.[Au].[Cl-].[Cl-].[Fe+2]. The van der Waals surface area contributed by atoms with Crippen LogP contribution in [0.15, 0.2) is 84.0 Å². The van der Waals surface area contributed by atoms with E-state index in [9.17, 15) is 0 Å². The van der Waals surface area contributed by atoms with Crippen LogP contribution in [0.5, 0.6) is 0 Å². The molecule has 2 aliphatic rings. The molecular formula is C21H29AuCl2FeN4S+. The summed E-state index contributed by atoms with van der Waals surface area (Å²) in [5, 5.41) is 4.00. The zero-order chi connectivity index (χ0) is 19.0. The second-order valence-electron chi connectivity index (χ2n) is 6.06. The van der Waals surface area contributed by atoms with Crippen molar-refractivity contribution in [2.45, 2.75) is 13.0 Å².